The second-order valence-corrected chi connectivity index (χ2v) is 4.47. The van der Waals surface area contributed by atoms with Crippen LogP contribution in [0.2, 0.25) is 5.15 Å². The van der Waals surface area contributed by atoms with Gasteiger partial charge in [0.2, 0.25) is 0 Å². The van der Waals surface area contributed by atoms with E-state index in [9.17, 15) is 0 Å². The Labute approximate surface area is 109 Å². The highest BCUT2D eigenvalue weighted by molar-refractivity contribution is 6.29. The van der Waals surface area contributed by atoms with Crippen LogP contribution in [0.25, 0.3) is 11.0 Å². The summed E-state index contributed by atoms with van der Waals surface area (Å²) >= 11 is 5.85. The van der Waals surface area contributed by atoms with Crippen LogP contribution in [0.3, 0.4) is 0 Å². The van der Waals surface area contributed by atoms with Crippen LogP contribution in [0.5, 0.6) is 0 Å². The van der Waals surface area contributed by atoms with Gasteiger partial charge < -0.3 is 4.57 Å². The number of para-hydroxylation sites is 2. The maximum absolute atomic E-state index is 5.85. The molecule has 0 amide bonds. The van der Waals surface area contributed by atoms with E-state index in [1.807, 2.05) is 25.2 Å². The van der Waals surface area contributed by atoms with Crippen LogP contribution in [0.15, 0.2) is 36.7 Å². The van der Waals surface area contributed by atoms with Gasteiger partial charge in [-0.05, 0) is 18.2 Å². The predicted octanol–water partition coefficient (Wildman–Crippen LogP) is 2.61. The highest BCUT2D eigenvalue weighted by atomic mass is 35.5. The summed E-state index contributed by atoms with van der Waals surface area (Å²) in [5.74, 6) is 0.964. The maximum atomic E-state index is 5.85. The molecule has 0 radical (unpaired) electrons. The minimum Gasteiger partial charge on any atom is -0.331 e. The molecule has 0 N–H and O–H groups in total. The number of halogens is 1. The van der Waals surface area contributed by atoms with Crippen molar-refractivity contribution in [3.63, 3.8) is 0 Å². The van der Waals surface area contributed by atoms with E-state index in [4.69, 9.17) is 11.6 Å². The molecular formula is C13H11ClN4. The lowest BCUT2D eigenvalue weighted by Crippen LogP contribution is -2.01. The zero-order valence-electron chi connectivity index (χ0n) is 9.84. The van der Waals surface area contributed by atoms with Crippen molar-refractivity contribution in [1.82, 2.24) is 19.5 Å². The highest BCUT2D eigenvalue weighted by Crippen LogP contribution is 2.16. The Morgan fingerprint density at radius 2 is 2.06 bits per heavy atom. The zero-order valence-corrected chi connectivity index (χ0v) is 10.6. The largest absolute Gasteiger partial charge is 0.331 e. The van der Waals surface area contributed by atoms with E-state index in [0.29, 0.717) is 11.6 Å². The number of hydrogen-bond acceptors (Lipinski definition) is 3. The molecule has 3 aromatic rings. The Bertz CT molecular complexity index is 705. The lowest BCUT2D eigenvalue weighted by molar-refractivity contribution is 0.829. The molecule has 2 heterocycles. The molecule has 0 bridgehead atoms. The lowest BCUT2D eigenvalue weighted by Gasteiger charge is -2.02. The van der Waals surface area contributed by atoms with Gasteiger partial charge in [0.15, 0.2) is 0 Å². The molecule has 0 aliphatic heterocycles. The first-order valence-corrected chi connectivity index (χ1v) is 5.98. The van der Waals surface area contributed by atoms with Gasteiger partial charge in [-0.1, -0.05) is 23.7 Å². The van der Waals surface area contributed by atoms with Crippen LogP contribution in [-0.2, 0) is 13.5 Å². The minimum absolute atomic E-state index is 0.457. The molecule has 0 aliphatic carbocycles. The molecule has 3 rings (SSSR count). The average molecular weight is 259 g/mol. The Balaban J connectivity index is 2.02. The van der Waals surface area contributed by atoms with E-state index in [1.165, 1.54) is 6.33 Å². The Morgan fingerprint density at radius 1 is 1.22 bits per heavy atom. The molecule has 0 saturated carbocycles. The van der Waals surface area contributed by atoms with Gasteiger partial charge >= 0.3 is 0 Å². The van der Waals surface area contributed by atoms with Crippen LogP contribution in [0.1, 0.15) is 11.5 Å². The molecule has 5 heteroatoms. The molecule has 90 valence electrons. The lowest BCUT2D eigenvalue weighted by atomic mass is 10.3. The Hall–Kier alpha value is -1.94. The van der Waals surface area contributed by atoms with Crippen molar-refractivity contribution in [2.45, 2.75) is 6.42 Å². The van der Waals surface area contributed by atoms with Crippen molar-refractivity contribution in [3.8, 4) is 0 Å². The fourth-order valence-electron chi connectivity index (χ4n) is 1.98. The van der Waals surface area contributed by atoms with E-state index >= 15 is 0 Å². The third kappa shape index (κ3) is 1.95. The summed E-state index contributed by atoms with van der Waals surface area (Å²) in [5.41, 5.74) is 2.98. The molecule has 1 aromatic carbocycles. The van der Waals surface area contributed by atoms with Crippen molar-refractivity contribution < 1.29 is 0 Å². The van der Waals surface area contributed by atoms with Crippen molar-refractivity contribution in [3.05, 3.63) is 53.3 Å². The molecule has 18 heavy (non-hydrogen) atoms. The van der Waals surface area contributed by atoms with E-state index in [2.05, 4.69) is 25.6 Å². The van der Waals surface area contributed by atoms with Gasteiger partial charge in [-0.15, -0.1) is 0 Å². The number of fused-ring (bicyclic) bond motifs is 1. The molecule has 0 spiro atoms. The molecule has 0 fully saturated rings. The summed E-state index contributed by atoms with van der Waals surface area (Å²) in [6, 6.07) is 9.82. The van der Waals surface area contributed by atoms with Crippen molar-refractivity contribution in [2.24, 2.45) is 7.05 Å². The zero-order chi connectivity index (χ0) is 12.5. The first kappa shape index (κ1) is 11.2. The van der Waals surface area contributed by atoms with Gasteiger partial charge in [0.05, 0.1) is 16.7 Å². The normalized spacial score (nSPS) is 11.0. The fraction of sp³-hybridized carbons (Fsp3) is 0.154. The number of aromatic nitrogens is 4. The molecule has 2 aromatic heterocycles. The average Bonchev–Trinajstić information content (AvgIpc) is 2.67. The number of hydrogen-bond donors (Lipinski definition) is 0. The van der Waals surface area contributed by atoms with E-state index in [1.54, 1.807) is 6.07 Å². The number of rotatable bonds is 2. The van der Waals surface area contributed by atoms with Gasteiger partial charge in [0.25, 0.3) is 0 Å². The monoisotopic (exact) mass is 258 g/mol. The second kappa shape index (κ2) is 4.38. The van der Waals surface area contributed by atoms with Crippen LogP contribution in [-0.4, -0.2) is 19.5 Å². The van der Waals surface area contributed by atoms with Gasteiger partial charge in [-0.2, -0.15) is 0 Å². The first-order valence-electron chi connectivity index (χ1n) is 5.61. The number of aryl methyl sites for hydroxylation is 1. The molecule has 0 saturated heterocycles. The molecular weight excluding hydrogens is 248 g/mol. The summed E-state index contributed by atoms with van der Waals surface area (Å²) in [6.45, 7) is 0. The number of imidazole rings is 1. The minimum atomic E-state index is 0.457. The topological polar surface area (TPSA) is 43.6 Å². The summed E-state index contributed by atoms with van der Waals surface area (Å²) in [7, 11) is 2.01. The van der Waals surface area contributed by atoms with Gasteiger partial charge in [0.1, 0.15) is 17.3 Å². The number of nitrogens with zero attached hydrogens (tertiary/aromatic N) is 4. The third-order valence-corrected chi connectivity index (χ3v) is 3.12. The van der Waals surface area contributed by atoms with Crippen LogP contribution in [0, 0.1) is 0 Å². The second-order valence-electron chi connectivity index (χ2n) is 4.08. The summed E-state index contributed by atoms with van der Waals surface area (Å²) in [6.07, 6.45) is 2.12. The SMILES string of the molecule is Cn1c(Cc2cc(Cl)ncn2)nc2ccccc21. The highest BCUT2D eigenvalue weighted by Gasteiger charge is 2.08. The van der Waals surface area contributed by atoms with Crippen LogP contribution >= 0.6 is 11.6 Å². The van der Waals surface area contributed by atoms with Gasteiger partial charge in [-0.25, -0.2) is 15.0 Å². The van der Waals surface area contributed by atoms with Crippen LogP contribution in [0.4, 0.5) is 0 Å². The first-order chi connectivity index (χ1) is 8.74. The van der Waals surface area contributed by atoms with E-state index < -0.39 is 0 Å². The van der Waals surface area contributed by atoms with E-state index in [-0.39, 0.29) is 0 Å². The number of benzene rings is 1. The maximum Gasteiger partial charge on any atom is 0.132 e. The quantitative estimate of drug-likeness (QED) is 0.664. The third-order valence-electron chi connectivity index (χ3n) is 2.91. The molecule has 0 atom stereocenters. The van der Waals surface area contributed by atoms with E-state index in [0.717, 1.165) is 22.6 Å². The smallest absolute Gasteiger partial charge is 0.132 e. The van der Waals surface area contributed by atoms with Gasteiger partial charge in [-0.3, -0.25) is 0 Å². The van der Waals surface area contributed by atoms with Crippen LogP contribution < -0.4 is 0 Å². The van der Waals surface area contributed by atoms with Crippen molar-refractivity contribution in [1.29, 1.82) is 0 Å². The molecule has 4 nitrogen and oxygen atoms in total. The summed E-state index contributed by atoms with van der Waals surface area (Å²) < 4.78 is 2.07. The standard InChI is InChI=1S/C13H11ClN4/c1-18-11-5-3-2-4-10(11)17-13(18)7-9-6-12(14)16-8-15-9/h2-6,8H,7H2,1H3. The summed E-state index contributed by atoms with van der Waals surface area (Å²) in [4.78, 5) is 12.7. The molecule has 0 aliphatic rings. The summed E-state index contributed by atoms with van der Waals surface area (Å²) in [5, 5.41) is 0.457. The van der Waals surface area contributed by atoms with Gasteiger partial charge in [0, 0.05) is 13.5 Å². The Kier molecular flexibility index (Phi) is 2.72. The Morgan fingerprint density at radius 3 is 2.83 bits per heavy atom. The van der Waals surface area contributed by atoms with Crippen molar-refractivity contribution >= 4 is 22.6 Å². The van der Waals surface area contributed by atoms with Crippen molar-refractivity contribution in [2.75, 3.05) is 0 Å². The predicted molar refractivity (Wildman–Crippen MR) is 70.6 cm³/mol. The fourth-order valence-corrected chi connectivity index (χ4v) is 2.15. The molecule has 0 unspecified atom stereocenters.